The number of anilines is 7. The number of hydrogen-bond acceptors (Lipinski definition) is 7. The third-order valence-electron chi connectivity index (χ3n) is 11.1. The third-order valence-corrected chi connectivity index (χ3v) is 11.1. The van der Waals surface area contributed by atoms with Crippen LogP contribution in [0.15, 0.2) is 103 Å². The standard InChI is InChI=1S/C40H43N7/c1-7-40(8-2)35(29-19-12-14-21-32(29)45-27(5)44(6)34-23-16-24-41-36(34)45)30-20-13-15-22-33(30)47-37-38(43-31(25-42-37)26(3)4)46(39(40)47)28-17-10-9-11-18-28/h9-27,35,39H,7-8H2,1-6H3. The minimum atomic E-state index is -0.206. The van der Waals surface area contributed by atoms with Gasteiger partial charge in [-0.1, -0.05) is 82.3 Å². The lowest BCUT2D eigenvalue weighted by molar-refractivity contribution is 0.168. The first kappa shape index (κ1) is 29.5. The monoisotopic (exact) mass is 621 g/mol. The Morgan fingerprint density at radius 1 is 0.681 bits per heavy atom. The second-order valence-corrected chi connectivity index (χ2v) is 13.5. The molecule has 0 fully saturated rings. The minimum absolute atomic E-state index is 0.0330. The quantitative estimate of drug-likeness (QED) is 0.187. The Kier molecular flexibility index (Phi) is 6.97. The SMILES string of the molecule is CCC1(CC)C(c2ccccc2N2c3ncccc3N(C)C2C)c2ccccc2N2c3ncc(C(C)C)nc3N(c3ccccc3)C21. The van der Waals surface area contributed by atoms with E-state index < -0.39 is 0 Å². The lowest BCUT2D eigenvalue weighted by Gasteiger charge is -2.55. The summed E-state index contributed by atoms with van der Waals surface area (Å²) in [5.41, 5.74) is 8.17. The van der Waals surface area contributed by atoms with Gasteiger partial charge < -0.3 is 19.6 Å². The van der Waals surface area contributed by atoms with E-state index in [2.05, 4.69) is 146 Å². The van der Waals surface area contributed by atoms with Crippen LogP contribution in [0.25, 0.3) is 0 Å². The maximum absolute atomic E-state index is 5.36. The van der Waals surface area contributed by atoms with Crippen LogP contribution in [0.2, 0.25) is 0 Å². The first-order chi connectivity index (χ1) is 22.9. The molecule has 47 heavy (non-hydrogen) atoms. The fourth-order valence-electron chi connectivity index (χ4n) is 8.53. The number of nitrogens with zero attached hydrogens (tertiary/aromatic N) is 7. The van der Waals surface area contributed by atoms with Crippen LogP contribution in [0.3, 0.4) is 0 Å². The van der Waals surface area contributed by atoms with Crippen molar-refractivity contribution in [2.75, 3.05) is 26.6 Å². The molecule has 7 nitrogen and oxygen atoms in total. The van der Waals surface area contributed by atoms with E-state index in [0.29, 0.717) is 0 Å². The molecular weight excluding hydrogens is 578 g/mol. The van der Waals surface area contributed by atoms with Crippen molar-refractivity contribution in [1.29, 1.82) is 0 Å². The van der Waals surface area contributed by atoms with Crippen molar-refractivity contribution in [2.45, 2.75) is 71.6 Å². The van der Waals surface area contributed by atoms with E-state index in [1.807, 2.05) is 18.5 Å². The Balaban J connectivity index is 1.41. The minimum Gasteiger partial charge on any atom is -0.351 e. The predicted octanol–water partition coefficient (Wildman–Crippen LogP) is 9.50. The zero-order valence-corrected chi connectivity index (χ0v) is 28.2. The van der Waals surface area contributed by atoms with Gasteiger partial charge in [0, 0.05) is 41.6 Å². The molecule has 3 unspecified atom stereocenters. The number of aromatic nitrogens is 3. The number of pyridine rings is 1. The molecule has 3 aliphatic rings. The van der Waals surface area contributed by atoms with Gasteiger partial charge in [-0.15, -0.1) is 0 Å². The summed E-state index contributed by atoms with van der Waals surface area (Å²) in [5, 5.41) is 0. The molecule has 0 spiro atoms. The van der Waals surface area contributed by atoms with E-state index in [9.17, 15) is 0 Å². The van der Waals surface area contributed by atoms with Crippen LogP contribution in [-0.2, 0) is 0 Å². The Labute approximate surface area is 278 Å². The maximum atomic E-state index is 5.36. The molecule has 0 radical (unpaired) electrons. The summed E-state index contributed by atoms with van der Waals surface area (Å²) in [5.74, 6) is 3.25. The summed E-state index contributed by atoms with van der Waals surface area (Å²) in [6, 6.07) is 33.1. The van der Waals surface area contributed by atoms with Crippen molar-refractivity contribution < 1.29 is 0 Å². The Morgan fingerprint density at radius 3 is 1.96 bits per heavy atom. The van der Waals surface area contributed by atoms with Crippen molar-refractivity contribution in [1.82, 2.24) is 15.0 Å². The van der Waals surface area contributed by atoms with Gasteiger partial charge in [0.2, 0.25) is 0 Å². The molecular formula is C40H43N7. The molecule has 3 aromatic carbocycles. The summed E-state index contributed by atoms with van der Waals surface area (Å²) < 4.78 is 0. The molecule has 7 heteroatoms. The largest absolute Gasteiger partial charge is 0.351 e. The van der Waals surface area contributed by atoms with Gasteiger partial charge in [0.15, 0.2) is 17.5 Å². The second kappa shape index (κ2) is 11.1. The van der Waals surface area contributed by atoms with E-state index in [4.69, 9.17) is 15.0 Å². The summed E-state index contributed by atoms with van der Waals surface area (Å²) in [7, 11) is 2.17. The fourth-order valence-corrected chi connectivity index (χ4v) is 8.53. The van der Waals surface area contributed by atoms with Crippen LogP contribution in [0, 0.1) is 5.41 Å². The first-order valence-corrected chi connectivity index (χ1v) is 17.1. The molecule has 3 aliphatic heterocycles. The zero-order chi connectivity index (χ0) is 32.4. The molecule has 8 rings (SSSR count). The highest BCUT2D eigenvalue weighted by atomic mass is 15.5. The van der Waals surface area contributed by atoms with Crippen molar-refractivity contribution in [3.05, 3.63) is 120 Å². The fraction of sp³-hybridized carbons (Fsp3) is 0.325. The molecule has 0 N–H and O–H groups in total. The van der Waals surface area contributed by atoms with Crippen LogP contribution in [0.1, 0.15) is 76.1 Å². The number of rotatable bonds is 6. The third kappa shape index (κ3) is 4.14. The van der Waals surface area contributed by atoms with Gasteiger partial charge in [-0.05, 0) is 73.2 Å². The highest BCUT2D eigenvalue weighted by Crippen LogP contribution is 2.64. The van der Waals surface area contributed by atoms with Gasteiger partial charge in [-0.2, -0.15) is 0 Å². The maximum Gasteiger partial charge on any atom is 0.178 e. The molecule has 0 aliphatic carbocycles. The van der Waals surface area contributed by atoms with Crippen molar-refractivity contribution >= 4 is 40.2 Å². The molecule has 3 atom stereocenters. The van der Waals surface area contributed by atoms with E-state index in [1.54, 1.807) is 0 Å². The molecule has 5 aromatic rings. The van der Waals surface area contributed by atoms with Crippen LogP contribution in [0.4, 0.5) is 40.2 Å². The molecule has 0 bridgehead atoms. The van der Waals surface area contributed by atoms with Gasteiger partial charge >= 0.3 is 0 Å². The number of fused-ring (bicyclic) bond motifs is 6. The molecule has 238 valence electrons. The first-order valence-electron chi connectivity index (χ1n) is 17.1. The van der Waals surface area contributed by atoms with E-state index in [0.717, 1.165) is 47.4 Å². The highest BCUT2D eigenvalue weighted by molar-refractivity contribution is 5.88. The Morgan fingerprint density at radius 2 is 1.30 bits per heavy atom. The molecule has 5 heterocycles. The summed E-state index contributed by atoms with van der Waals surface area (Å²) >= 11 is 0. The smallest absolute Gasteiger partial charge is 0.178 e. The van der Waals surface area contributed by atoms with Crippen molar-refractivity contribution in [3.8, 4) is 0 Å². The summed E-state index contributed by atoms with van der Waals surface area (Å²) in [6.45, 7) is 11.4. The lowest BCUT2D eigenvalue weighted by Crippen LogP contribution is -2.57. The van der Waals surface area contributed by atoms with Crippen LogP contribution >= 0.6 is 0 Å². The number of para-hydroxylation sites is 3. The van der Waals surface area contributed by atoms with E-state index in [1.165, 1.54) is 22.5 Å². The average Bonchev–Trinajstić information content (AvgIpc) is 3.59. The van der Waals surface area contributed by atoms with E-state index >= 15 is 0 Å². The van der Waals surface area contributed by atoms with Crippen LogP contribution < -0.4 is 19.6 Å². The average molecular weight is 622 g/mol. The molecule has 2 aromatic heterocycles. The Bertz CT molecular complexity index is 1930. The topological polar surface area (TPSA) is 51.6 Å². The number of benzene rings is 3. The predicted molar refractivity (Wildman–Crippen MR) is 193 cm³/mol. The zero-order valence-electron chi connectivity index (χ0n) is 28.2. The van der Waals surface area contributed by atoms with Gasteiger partial charge in [-0.3, -0.25) is 0 Å². The molecule has 0 amide bonds. The van der Waals surface area contributed by atoms with Crippen LogP contribution in [0.5, 0.6) is 0 Å². The van der Waals surface area contributed by atoms with Gasteiger partial charge in [0.25, 0.3) is 0 Å². The van der Waals surface area contributed by atoms with Gasteiger partial charge in [-0.25, -0.2) is 15.0 Å². The molecule has 0 saturated heterocycles. The highest BCUT2D eigenvalue weighted by Gasteiger charge is 2.59. The normalized spacial score (nSPS) is 20.7. The summed E-state index contributed by atoms with van der Waals surface area (Å²) in [4.78, 5) is 25.3. The van der Waals surface area contributed by atoms with E-state index in [-0.39, 0.29) is 29.6 Å². The lowest BCUT2D eigenvalue weighted by atomic mass is 9.60. The van der Waals surface area contributed by atoms with Gasteiger partial charge in [0.1, 0.15) is 12.3 Å². The van der Waals surface area contributed by atoms with Crippen LogP contribution in [-0.4, -0.2) is 34.3 Å². The van der Waals surface area contributed by atoms with Crippen molar-refractivity contribution in [2.24, 2.45) is 5.41 Å². The second-order valence-electron chi connectivity index (χ2n) is 13.5. The van der Waals surface area contributed by atoms with Crippen molar-refractivity contribution in [3.63, 3.8) is 0 Å². The summed E-state index contributed by atoms with van der Waals surface area (Å²) in [6.07, 6.45) is 5.92. The van der Waals surface area contributed by atoms with Gasteiger partial charge in [0.05, 0.1) is 17.6 Å². The molecule has 0 saturated carbocycles. The Hall–Kier alpha value is -4.91. The number of hydrogen-bond donors (Lipinski definition) is 0.